The largest absolute Gasteiger partial charge is 0.481 e. The predicted molar refractivity (Wildman–Crippen MR) is 103 cm³/mol. The van der Waals surface area contributed by atoms with E-state index in [9.17, 15) is 4.79 Å². The Labute approximate surface area is 148 Å². The van der Waals surface area contributed by atoms with Crippen molar-refractivity contribution in [2.45, 2.75) is 77.6 Å². The second-order valence-electron chi connectivity index (χ2n) is 6.73. The van der Waals surface area contributed by atoms with Crippen molar-refractivity contribution < 1.29 is 9.90 Å². The van der Waals surface area contributed by atoms with Crippen LogP contribution in [0.3, 0.4) is 0 Å². The number of unbranched alkanes of at least 4 members (excludes halogenated alkanes) is 4. The lowest BCUT2D eigenvalue weighted by molar-refractivity contribution is -0.137. The van der Waals surface area contributed by atoms with Crippen LogP contribution in [0.25, 0.3) is 0 Å². The Morgan fingerprint density at radius 3 is 2.17 bits per heavy atom. The molecule has 0 bridgehead atoms. The lowest BCUT2D eigenvalue weighted by atomic mass is 10.0. The topological polar surface area (TPSA) is 37.3 Å². The molecule has 1 N–H and O–H groups in total. The Morgan fingerprint density at radius 1 is 0.875 bits per heavy atom. The zero-order valence-electron chi connectivity index (χ0n) is 15.3. The number of hydrogen-bond acceptors (Lipinski definition) is 1. The van der Waals surface area contributed by atoms with E-state index >= 15 is 0 Å². The summed E-state index contributed by atoms with van der Waals surface area (Å²) >= 11 is 0. The molecule has 134 valence electrons. The number of carboxylic acid groups (broad SMARTS) is 1. The van der Waals surface area contributed by atoms with Crippen LogP contribution in [0, 0.1) is 5.41 Å². The molecule has 1 aliphatic rings. The van der Waals surface area contributed by atoms with E-state index in [1.807, 2.05) is 0 Å². The smallest absolute Gasteiger partial charge is 0.303 e. The summed E-state index contributed by atoms with van der Waals surface area (Å²) in [7, 11) is 0. The van der Waals surface area contributed by atoms with Crippen LogP contribution >= 0.6 is 0 Å². The summed E-state index contributed by atoms with van der Waals surface area (Å²) in [6, 6.07) is 0. The van der Waals surface area contributed by atoms with Crippen molar-refractivity contribution in [2.75, 3.05) is 0 Å². The summed E-state index contributed by atoms with van der Waals surface area (Å²) in [6.07, 6.45) is 29.5. The number of aliphatic carboxylic acids is 1. The van der Waals surface area contributed by atoms with Gasteiger partial charge in [0.05, 0.1) is 0 Å². The Bertz CT molecular complexity index is 451. The number of carbonyl (C=O) groups is 1. The highest BCUT2D eigenvalue weighted by atomic mass is 16.4. The van der Waals surface area contributed by atoms with Crippen molar-refractivity contribution in [3.63, 3.8) is 0 Å². The van der Waals surface area contributed by atoms with Gasteiger partial charge in [-0.25, -0.2) is 0 Å². The second kappa shape index (κ2) is 12.8. The zero-order valence-corrected chi connectivity index (χ0v) is 15.3. The third kappa shape index (κ3) is 11.0. The Morgan fingerprint density at radius 2 is 1.50 bits per heavy atom. The molecule has 0 amide bonds. The maximum absolute atomic E-state index is 10.5. The quantitative estimate of drug-likeness (QED) is 0.287. The molecule has 2 heteroatoms. The molecule has 0 heterocycles. The van der Waals surface area contributed by atoms with Gasteiger partial charge in [-0.05, 0) is 51.4 Å². The average Bonchev–Trinajstić information content (AvgIpc) is 3.32. The van der Waals surface area contributed by atoms with Gasteiger partial charge in [-0.1, -0.05) is 68.4 Å². The first kappa shape index (κ1) is 20.5. The first-order valence-corrected chi connectivity index (χ1v) is 9.56. The molecule has 1 fully saturated rings. The minimum Gasteiger partial charge on any atom is -0.481 e. The summed E-state index contributed by atoms with van der Waals surface area (Å²) in [4.78, 5) is 10.5. The van der Waals surface area contributed by atoms with E-state index in [4.69, 9.17) is 5.11 Å². The molecule has 0 spiro atoms. The molecule has 1 rings (SSSR count). The molecule has 0 aromatic rings. The fourth-order valence-electron chi connectivity index (χ4n) is 2.60. The van der Waals surface area contributed by atoms with Crippen molar-refractivity contribution in [2.24, 2.45) is 5.41 Å². The molecule has 0 radical (unpaired) electrons. The van der Waals surface area contributed by atoms with Crippen LogP contribution in [0.2, 0.25) is 0 Å². The number of hydrogen-bond donors (Lipinski definition) is 1. The first-order chi connectivity index (χ1) is 11.7. The lowest BCUT2D eigenvalue weighted by Crippen LogP contribution is -1.93. The highest BCUT2D eigenvalue weighted by Crippen LogP contribution is 2.48. The van der Waals surface area contributed by atoms with Crippen LogP contribution < -0.4 is 0 Å². The van der Waals surface area contributed by atoms with Gasteiger partial charge in [0.2, 0.25) is 0 Å². The molecule has 1 saturated carbocycles. The van der Waals surface area contributed by atoms with E-state index in [0.29, 0.717) is 0 Å². The normalized spacial score (nSPS) is 16.9. The van der Waals surface area contributed by atoms with Crippen molar-refractivity contribution >= 4 is 5.97 Å². The molecule has 1 aliphatic carbocycles. The van der Waals surface area contributed by atoms with Gasteiger partial charge in [0.25, 0.3) is 0 Å². The Kier molecular flexibility index (Phi) is 10.9. The van der Waals surface area contributed by atoms with Crippen molar-refractivity contribution in [1.82, 2.24) is 0 Å². The molecule has 0 unspecified atom stereocenters. The monoisotopic (exact) mass is 330 g/mol. The van der Waals surface area contributed by atoms with Gasteiger partial charge in [-0.2, -0.15) is 0 Å². The average molecular weight is 331 g/mol. The van der Waals surface area contributed by atoms with Gasteiger partial charge < -0.3 is 5.11 Å². The molecule has 0 aliphatic heterocycles. The Balaban J connectivity index is 2.10. The summed E-state index contributed by atoms with van der Waals surface area (Å²) in [5, 5.41) is 8.61. The molecule has 0 saturated heterocycles. The first-order valence-electron chi connectivity index (χ1n) is 9.56. The molecule has 0 aromatic heterocycles. The van der Waals surface area contributed by atoms with Crippen LogP contribution in [0.1, 0.15) is 77.6 Å². The maximum atomic E-state index is 10.5. The van der Waals surface area contributed by atoms with Gasteiger partial charge in [0, 0.05) is 11.8 Å². The molecule has 0 atom stereocenters. The SMILES string of the molecule is CCCCC/C=C/C/C=C/C/C=C/C1(/C=C/CCCC(=O)O)CC1. The Hall–Kier alpha value is -1.57. The van der Waals surface area contributed by atoms with Gasteiger partial charge in [0.1, 0.15) is 0 Å². The van der Waals surface area contributed by atoms with E-state index in [1.54, 1.807) is 0 Å². The standard InChI is InChI=1S/C22H34O2/c1-2-3-4-5-6-7-8-9-10-11-14-17-22(19-20-22)18-15-12-13-16-21(23)24/h6-7,9-10,14-15,17-18H,2-5,8,11-13,16,19-20H2,1H3,(H,23,24)/b7-6+,10-9+,17-14+,18-15+. The van der Waals surface area contributed by atoms with E-state index in [1.165, 1.54) is 38.5 Å². The van der Waals surface area contributed by atoms with Crippen LogP contribution in [0.15, 0.2) is 48.6 Å². The zero-order chi connectivity index (χ0) is 17.5. The number of carboxylic acids is 1. The van der Waals surface area contributed by atoms with E-state index in [2.05, 4.69) is 55.5 Å². The molecule has 24 heavy (non-hydrogen) atoms. The van der Waals surface area contributed by atoms with Gasteiger partial charge in [0.15, 0.2) is 0 Å². The molecule has 0 aromatic carbocycles. The molecule has 2 nitrogen and oxygen atoms in total. The fourth-order valence-corrected chi connectivity index (χ4v) is 2.60. The third-order valence-corrected chi connectivity index (χ3v) is 4.34. The van der Waals surface area contributed by atoms with Crippen molar-refractivity contribution in [1.29, 1.82) is 0 Å². The van der Waals surface area contributed by atoms with Crippen LogP contribution in [0.5, 0.6) is 0 Å². The molecular weight excluding hydrogens is 296 g/mol. The minimum absolute atomic E-state index is 0.269. The van der Waals surface area contributed by atoms with Crippen molar-refractivity contribution in [3.8, 4) is 0 Å². The summed E-state index contributed by atoms with van der Waals surface area (Å²) < 4.78 is 0. The third-order valence-electron chi connectivity index (χ3n) is 4.34. The summed E-state index contributed by atoms with van der Waals surface area (Å²) in [5.41, 5.74) is 0.274. The van der Waals surface area contributed by atoms with Crippen LogP contribution in [0.4, 0.5) is 0 Å². The second-order valence-corrected chi connectivity index (χ2v) is 6.73. The fraction of sp³-hybridized carbons (Fsp3) is 0.591. The summed E-state index contributed by atoms with van der Waals surface area (Å²) in [5.74, 6) is -0.702. The summed E-state index contributed by atoms with van der Waals surface area (Å²) in [6.45, 7) is 2.24. The van der Waals surface area contributed by atoms with E-state index in [0.717, 1.165) is 25.7 Å². The van der Waals surface area contributed by atoms with E-state index < -0.39 is 5.97 Å². The van der Waals surface area contributed by atoms with Crippen molar-refractivity contribution in [3.05, 3.63) is 48.6 Å². The number of allylic oxidation sites excluding steroid dienone is 8. The number of rotatable bonds is 14. The van der Waals surface area contributed by atoms with Gasteiger partial charge in [-0.15, -0.1) is 0 Å². The predicted octanol–water partition coefficient (Wildman–Crippen LogP) is 6.61. The van der Waals surface area contributed by atoms with Gasteiger partial charge >= 0.3 is 5.97 Å². The van der Waals surface area contributed by atoms with Crippen LogP contribution in [-0.4, -0.2) is 11.1 Å². The molecular formula is C22H34O2. The minimum atomic E-state index is -0.702. The van der Waals surface area contributed by atoms with Gasteiger partial charge in [-0.3, -0.25) is 4.79 Å². The maximum Gasteiger partial charge on any atom is 0.303 e. The lowest BCUT2D eigenvalue weighted by Gasteiger charge is -2.01. The van der Waals surface area contributed by atoms with E-state index in [-0.39, 0.29) is 11.8 Å². The highest BCUT2D eigenvalue weighted by Gasteiger charge is 2.36. The van der Waals surface area contributed by atoms with Crippen LogP contribution in [-0.2, 0) is 4.79 Å². The highest BCUT2D eigenvalue weighted by molar-refractivity contribution is 5.66.